The number of carbonyl (C=O) groups is 1. The Morgan fingerprint density at radius 3 is 2.53 bits per heavy atom. The third kappa shape index (κ3) is 4.36. The number of carbonyl (C=O) groups excluding carboxylic acids is 1. The van der Waals surface area contributed by atoms with Crippen LogP contribution in [0.4, 0.5) is 17.1 Å². The molecule has 3 aromatic rings. The highest BCUT2D eigenvalue weighted by atomic mass is 35.5. The molecule has 1 heterocycles. The van der Waals surface area contributed by atoms with Crippen LogP contribution in [0.2, 0.25) is 5.02 Å². The first-order valence-corrected chi connectivity index (χ1v) is 8.74. The van der Waals surface area contributed by atoms with Gasteiger partial charge in [0, 0.05) is 24.2 Å². The molecule has 0 spiro atoms. The zero-order chi connectivity index (χ0) is 22.0. The van der Waals surface area contributed by atoms with Crippen molar-refractivity contribution in [3.8, 4) is 11.5 Å². The van der Waals surface area contributed by atoms with Gasteiger partial charge in [-0.2, -0.15) is 5.10 Å². The molecule has 30 heavy (non-hydrogen) atoms. The van der Waals surface area contributed by atoms with E-state index in [4.69, 9.17) is 16.3 Å². The van der Waals surface area contributed by atoms with Crippen molar-refractivity contribution in [1.82, 2.24) is 9.78 Å². The molecule has 0 saturated heterocycles. The van der Waals surface area contributed by atoms with Crippen LogP contribution in [0, 0.1) is 27.2 Å². The summed E-state index contributed by atoms with van der Waals surface area (Å²) in [5, 5.41) is 29.0. The van der Waals surface area contributed by atoms with Gasteiger partial charge in [0.15, 0.2) is 0 Å². The number of aromatic nitrogens is 2. The maximum atomic E-state index is 12.6. The predicted molar refractivity (Wildman–Crippen MR) is 107 cm³/mol. The number of benzene rings is 2. The van der Waals surface area contributed by atoms with Gasteiger partial charge in [-0.1, -0.05) is 11.6 Å². The summed E-state index contributed by atoms with van der Waals surface area (Å²) in [6.07, 6.45) is 0.945. The lowest BCUT2D eigenvalue weighted by atomic mass is 10.2. The molecule has 11 nitrogen and oxygen atoms in total. The number of rotatable bonds is 6. The molecular formula is C18H14ClN5O6. The van der Waals surface area contributed by atoms with Gasteiger partial charge in [-0.15, -0.1) is 0 Å². The van der Waals surface area contributed by atoms with Crippen molar-refractivity contribution in [2.45, 2.75) is 6.92 Å². The van der Waals surface area contributed by atoms with Crippen LogP contribution in [0.5, 0.6) is 11.5 Å². The Bertz CT molecular complexity index is 1180. The average molecular weight is 432 g/mol. The van der Waals surface area contributed by atoms with E-state index in [1.54, 1.807) is 25.1 Å². The number of hydrogen-bond acceptors (Lipinski definition) is 7. The van der Waals surface area contributed by atoms with Gasteiger partial charge >= 0.3 is 5.69 Å². The van der Waals surface area contributed by atoms with E-state index >= 15 is 0 Å². The van der Waals surface area contributed by atoms with Crippen LogP contribution < -0.4 is 10.1 Å². The highest BCUT2D eigenvalue weighted by Gasteiger charge is 2.26. The molecule has 12 heteroatoms. The maximum Gasteiger partial charge on any atom is 0.320 e. The molecule has 0 atom stereocenters. The molecule has 1 amide bonds. The monoisotopic (exact) mass is 431 g/mol. The van der Waals surface area contributed by atoms with Crippen molar-refractivity contribution in [3.05, 3.63) is 79.1 Å². The molecule has 1 N–H and O–H groups in total. The van der Waals surface area contributed by atoms with Gasteiger partial charge in [0.1, 0.15) is 17.7 Å². The van der Waals surface area contributed by atoms with Gasteiger partial charge in [-0.3, -0.25) is 29.7 Å². The number of amides is 1. The molecule has 1 aromatic heterocycles. The van der Waals surface area contributed by atoms with E-state index in [0.717, 1.165) is 16.9 Å². The Labute approximate surface area is 174 Å². The second-order valence-corrected chi connectivity index (χ2v) is 6.63. The number of anilines is 1. The third-order valence-corrected chi connectivity index (χ3v) is 4.29. The summed E-state index contributed by atoms with van der Waals surface area (Å²) >= 11 is 5.92. The summed E-state index contributed by atoms with van der Waals surface area (Å²) in [6.45, 7) is 1.75. The van der Waals surface area contributed by atoms with E-state index < -0.39 is 21.4 Å². The number of hydrogen-bond donors (Lipinski definition) is 1. The maximum absolute atomic E-state index is 12.6. The fourth-order valence-corrected chi connectivity index (χ4v) is 2.91. The standard InChI is InChI=1S/C18H14ClN5O6/c1-10-5-11(19)3-4-16(10)30-14-7-12(6-13(8-14)23(26)27)21-18(25)17-15(24(28)29)9-20-22(17)2/h3-9H,1-2H3,(H,21,25). The number of halogens is 1. The van der Waals surface area contributed by atoms with Crippen LogP contribution in [0.3, 0.4) is 0 Å². The lowest BCUT2D eigenvalue weighted by Gasteiger charge is -2.11. The van der Waals surface area contributed by atoms with Crippen LogP contribution in [-0.2, 0) is 7.05 Å². The molecule has 0 aliphatic rings. The van der Waals surface area contributed by atoms with Crippen LogP contribution >= 0.6 is 11.6 Å². The molecule has 154 valence electrons. The highest BCUT2D eigenvalue weighted by Crippen LogP contribution is 2.32. The molecule has 2 aromatic carbocycles. The summed E-state index contributed by atoms with van der Waals surface area (Å²) in [4.78, 5) is 33.6. The number of aryl methyl sites for hydroxylation is 2. The quantitative estimate of drug-likeness (QED) is 0.454. The molecule has 0 aliphatic carbocycles. The normalized spacial score (nSPS) is 10.5. The Balaban J connectivity index is 1.95. The first-order chi connectivity index (χ1) is 14.2. The Hall–Kier alpha value is -3.99. The first-order valence-electron chi connectivity index (χ1n) is 8.37. The summed E-state index contributed by atoms with van der Waals surface area (Å²) in [6, 6.07) is 8.54. The number of ether oxygens (including phenoxy) is 1. The molecule has 3 rings (SSSR count). The van der Waals surface area contributed by atoms with E-state index in [1.165, 1.54) is 19.2 Å². The lowest BCUT2D eigenvalue weighted by Crippen LogP contribution is -2.17. The molecule has 0 bridgehead atoms. The topological polar surface area (TPSA) is 142 Å². The van der Waals surface area contributed by atoms with Gasteiger partial charge in [0.25, 0.3) is 11.6 Å². The van der Waals surface area contributed by atoms with Gasteiger partial charge in [0.2, 0.25) is 5.69 Å². The largest absolute Gasteiger partial charge is 0.457 e. The van der Waals surface area contributed by atoms with E-state index in [-0.39, 0.29) is 22.8 Å². The number of nitrogens with one attached hydrogen (secondary N) is 1. The zero-order valence-electron chi connectivity index (χ0n) is 15.7. The number of non-ortho nitro benzene ring substituents is 1. The average Bonchev–Trinajstić information content (AvgIpc) is 3.06. The van der Waals surface area contributed by atoms with Gasteiger partial charge in [-0.25, -0.2) is 0 Å². The van der Waals surface area contributed by atoms with Crippen molar-refractivity contribution in [2.75, 3.05) is 5.32 Å². The minimum Gasteiger partial charge on any atom is -0.457 e. The third-order valence-electron chi connectivity index (χ3n) is 4.06. The van der Waals surface area contributed by atoms with E-state index in [0.29, 0.717) is 16.3 Å². The predicted octanol–water partition coefficient (Wildman–Crippen LogP) is 4.24. The number of nitro benzene ring substituents is 1. The van der Waals surface area contributed by atoms with Crippen LogP contribution in [-0.4, -0.2) is 25.5 Å². The van der Waals surface area contributed by atoms with Gasteiger partial charge in [-0.05, 0) is 30.7 Å². The van der Waals surface area contributed by atoms with Crippen LogP contribution in [0.1, 0.15) is 16.1 Å². The summed E-state index contributed by atoms with van der Waals surface area (Å²) in [5.41, 5.74) is -0.415. The van der Waals surface area contributed by atoms with Crippen LogP contribution in [0.15, 0.2) is 42.6 Å². The van der Waals surface area contributed by atoms with Crippen molar-refractivity contribution < 1.29 is 19.4 Å². The SMILES string of the molecule is Cc1cc(Cl)ccc1Oc1cc(NC(=O)c2c([N+](=O)[O-])cnn2C)cc([N+](=O)[O-])c1. The van der Waals surface area contributed by atoms with Gasteiger partial charge in [0.05, 0.1) is 21.6 Å². The van der Waals surface area contributed by atoms with E-state index in [9.17, 15) is 25.0 Å². The molecule has 0 unspecified atom stereocenters. The van der Waals surface area contributed by atoms with E-state index in [2.05, 4.69) is 10.4 Å². The fraction of sp³-hybridized carbons (Fsp3) is 0.111. The zero-order valence-corrected chi connectivity index (χ0v) is 16.4. The molecular weight excluding hydrogens is 418 g/mol. The summed E-state index contributed by atoms with van der Waals surface area (Å²) < 4.78 is 6.75. The Morgan fingerprint density at radius 1 is 1.17 bits per heavy atom. The Morgan fingerprint density at radius 2 is 1.90 bits per heavy atom. The minimum atomic E-state index is -0.851. The molecule has 0 aliphatic heterocycles. The molecule has 0 saturated carbocycles. The van der Waals surface area contributed by atoms with Gasteiger partial charge < -0.3 is 10.1 Å². The second-order valence-electron chi connectivity index (χ2n) is 6.20. The van der Waals surface area contributed by atoms with Crippen molar-refractivity contribution in [3.63, 3.8) is 0 Å². The van der Waals surface area contributed by atoms with Crippen molar-refractivity contribution in [2.24, 2.45) is 7.05 Å². The smallest absolute Gasteiger partial charge is 0.320 e. The first kappa shape index (κ1) is 20.7. The lowest BCUT2D eigenvalue weighted by molar-refractivity contribution is -0.385. The molecule has 0 radical (unpaired) electrons. The fourth-order valence-electron chi connectivity index (χ4n) is 2.69. The second kappa shape index (κ2) is 8.17. The minimum absolute atomic E-state index is 0.0197. The summed E-state index contributed by atoms with van der Waals surface area (Å²) in [5.74, 6) is -0.348. The van der Waals surface area contributed by atoms with Crippen molar-refractivity contribution in [1.29, 1.82) is 0 Å². The Kier molecular flexibility index (Phi) is 5.65. The van der Waals surface area contributed by atoms with E-state index in [1.807, 2.05) is 0 Å². The molecule has 0 fully saturated rings. The van der Waals surface area contributed by atoms with Crippen LogP contribution in [0.25, 0.3) is 0 Å². The summed E-state index contributed by atoms with van der Waals surface area (Å²) in [7, 11) is 1.37. The van der Waals surface area contributed by atoms with Crippen molar-refractivity contribution >= 4 is 34.6 Å². The number of nitrogens with zero attached hydrogens (tertiary/aromatic N) is 4. The number of nitro groups is 2. The highest BCUT2D eigenvalue weighted by molar-refractivity contribution is 6.30.